The largest absolute Gasteiger partial charge is 0.313 e. The summed E-state index contributed by atoms with van der Waals surface area (Å²) in [5.74, 6) is 0. The molecule has 2 N–H and O–H groups in total. The molecule has 114 valence electrons. The molecular weight excluding hydrogens is 308 g/mol. The van der Waals surface area contributed by atoms with Gasteiger partial charge in [-0.05, 0) is 30.2 Å². The molecular formula is C13H18N4O2S2. The molecule has 0 atom stereocenters. The second kappa shape index (κ2) is 6.97. The number of sulfonamides is 1. The molecule has 0 aliphatic heterocycles. The first kappa shape index (κ1) is 15.9. The summed E-state index contributed by atoms with van der Waals surface area (Å²) in [5.41, 5.74) is 3.21. The normalized spacial score (nSPS) is 11.5. The van der Waals surface area contributed by atoms with E-state index in [1.54, 1.807) is 6.07 Å². The van der Waals surface area contributed by atoms with Crippen LogP contribution in [0.5, 0.6) is 0 Å². The van der Waals surface area contributed by atoms with Crippen LogP contribution in [0.25, 0.3) is 0 Å². The summed E-state index contributed by atoms with van der Waals surface area (Å²) in [6, 6.07) is 5.53. The number of nitrogens with one attached hydrogen (secondary N) is 2. The van der Waals surface area contributed by atoms with E-state index in [1.807, 2.05) is 26.0 Å². The molecule has 6 nitrogen and oxygen atoms in total. The van der Waals surface area contributed by atoms with Gasteiger partial charge >= 0.3 is 0 Å². The number of anilines is 1. The molecule has 0 aliphatic rings. The summed E-state index contributed by atoms with van der Waals surface area (Å²) < 4.78 is 27.5. The first-order chi connectivity index (χ1) is 10.1. The van der Waals surface area contributed by atoms with Gasteiger partial charge in [0, 0.05) is 6.54 Å². The molecule has 1 heterocycles. The zero-order valence-corrected chi connectivity index (χ0v) is 13.6. The fourth-order valence-corrected chi connectivity index (χ4v) is 3.96. The van der Waals surface area contributed by atoms with E-state index in [-0.39, 0.29) is 5.13 Å². The predicted octanol–water partition coefficient (Wildman–Crippen LogP) is 2.01. The highest BCUT2D eigenvalue weighted by Gasteiger charge is 2.19. The van der Waals surface area contributed by atoms with Crippen molar-refractivity contribution in [2.75, 3.05) is 11.3 Å². The van der Waals surface area contributed by atoms with Gasteiger partial charge in [0.2, 0.25) is 5.13 Å². The van der Waals surface area contributed by atoms with Crippen LogP contribution in [-0.4, -0.2) is 25.2 Å². The van der Waals surface area contributed by atoms with Crippen molar-refractivity contribution >= 4 is 26.5 Å². The monoisotopic (exact) mass is 326 g/mol. The van der Waals surface area contributed by atoms with Crippen molar-refractivity contribution in [3.05, 3.63) is 34.8 Å². The van der Waals surface area contributed by atoms with E-state index in [4.69, 9.17) is 0 Å². The third-order valence-electron chi connectivity index (χ3n) is 2.96. The summed E-state index contributed by atoms with van der Waals surface area (Å²) in [7, 11) is -3.64. The van der Waals surface area contributed by atoms with Gasteiger partial charge in [-0.15, -0.1) is 10.2 Å². The molecule has 0 unspecified atom stereocenters. The highest BCUT2D eigenvalue weighted by atomic mass is 32.2. The standard InChI is InChI=1S/C13H18N4O2S2/c1-3-11-6-5-10(8-14-4-2)7-12(11)21(18,19)17-13-16-15-9-20-13/h5-7,9,14H,3-4,8H2,1-2H3,(H,16,17). The average Bonchev–Trinajstić information content (AvgIpc) is 2.97. The minimum atomic E-state index is -3.64. The molecule has 0 bridgehead atoms. The lowest BCUT2D eigenvalue weighted by atomic mass is 10.1. The zero-order chi connectivity index (χ0) is 15.3. The molecule has 0 amide bonds. The van der Waals surface area contributed by atoms with Crippen molar-refractivity contribution in [3.8, 4) is 0 Å². The van der Waals surface area contributed by atoms with Crippen molar-refractivity contribution in [1.29, 1.82) is 0 Å². The van der Waals surface area contributed by atoms with E-state index in [0.717, 1.165) is 29.0 Å². The Hall–Kier alpha value is -1.51. The molecule has 2 aromatic rings. The maximum atomic E-state index is 12.5. The van der Waals surface area contributed by atoms with Crippen LogP contribution in [0.3, 0.4) is 0 Å². The van der Waals surface area contributed by atoms with Gasteiger partial charge in [0.1, 0.15) is 5.51 Å². The minimum absolute atomic E-state index is 0.272. The van der Waals surface area contributed by atoms with Gasteiger partial charge in [0.25, 0.3) is 10.0 Å². The van der Waals surface area contributed by atoms with Gasteiger partial charge in [0.05, 0.1) is 4.90 Å². The minimum Gasteiger partial charge on any atom is -0.313 e. The quantitative estimate of drug-likeness (QED) is 0.813. The molecule has 0 spiro atoms. The number of aromatic nitrogens is 2. The van der Waals surface area contributed by atoms with Gasteiger partial charge in [0.15, 0.2) is 0 Å². The lowest BCUT2D eigenvalue weighted by Crippen LogP contribution is -2.17. The Labute approximate surface area is 128 Å². The van der Waals surface area contributed by atoms with Crippen molar-refractivity contribution in [2.24, 2.45) is 0 Å². The average molecular weight is 326 g/mol. The molecule has 0 aliphatic carbocycles. The van der Waals surface area contributed by atoms with Crippen molar-refractivity contribution in [1.82, 2.24) is 15.5 Å². The summed E-state index contributed by atoms with van der Waals surface area (Å²) in [6.45, 7) is 5.42. The summed E-state index contributed by atoms with van der Waals surface area (Å²) >= 11 is 1.15. The maximum absolute atomic E-state index is 12.5. The van der Waals surface area contributed by atoms with Crippen LogP contribution in [0, 0.1) is 0 Å². The predicted molar refractivity (Wildman–Crippen MR) is 83.9 cm³/mol. The molecule has 0 saturated carbocycles. The van der Waals surface area contributed by atoms with Gasteiger partial charge in [-0.1, -0.05) is 37.3 Å². The van der Waals surface area contributed by atoms with Crippen molar-refractivity contribution in [3.63, 3.8) is 0 Å². The highest BCUT2D eigenvalue weighted by molar-refractivity contribution is 7.93. The highest BCUT2D eigenvalue weighted by Crippen LogP contribution is 2.22. The van der Waals surface area contributed by atoms with E-state index in [1.165, 1.54) is 5.51 Å². The van der Waals surface area contributed by atoms with E-state index in [2.05, 4.69) is 20.2 Å². The number of hydrogen-bond donors (Lipinski definition) is 2. The number of nitrogens with zero attached hydrogens (tertiary/aromatic N) is 2. The Morgan fingerprint density at radius 3 is 2.71 bits per heavy atom. The number of aryl methyl sites for hydroxylation is 1. The van der Waals surface area contributed by atoms with Crippen LogP contribution >= 0.6 is 11.3 Å². The molecule has 1 aromatic heterocycles. The van der Waals surface area contributed by atoms with E-state index < -0.39 is 10.0 Å². The zero-order valence-electron chi connectivity index (χ0n) is 12.0. The van der Waals surface area contributed by atoms with Crippen LogP contribution in [0.2, 0.25) is 0 Å². The third-order valence-corrected chi connectivity index (χ3v) is 5.12. The van der Waals surface area contributed by atoms with Gasteiger partial charge < -0.3 is 5.32 Å². The second-order valence-electron chi connectivity index (χ2n) is 4.43. The Bertz CT molecular complexity index is 684. The van der Waals surface area contributed by atoms with Crippen LogP contribution in [-0.2, 0) is 23.0 Å². The first-order valence-corrected chi connectivity index (χ1v) is 9.04. The Kier molecular flexibility index (Phi) is 5.27. The molecule has 2 rings (SSSR count). The van der Waals surface area contributed by atoms with Gasteiger partial charge in [-0.25, -0.2) is 8.42 Å². The SMILES string of the molecule is CCNCc1ccc(CC)c(S(=O)(=O)Nc2nncs2)c1. The molecule has 0 radical (unpaired) electrons. The maximum Gasteiger partial charge on any atom is 0.263 e. The number of benzene rings is 1. The van der Waals surface area contributed by atoms with Crippen LogP contribution < -0.4 is 10.0 Å². The second-order valence-corrected chi connectivity index (χ2v) is 6.91. The van der Waals surface area contributed by atoms with Gasteiger partial charge in [-0.2, -0.15) is 0 Å². The molecule has 8 heteroatoms. The lowest BCUT2D eigenvalue weighted by Gasteiger charge is -2.12. The fourth-order valence-electron chi connectivity index (χ4n) is 1.91. The summed E-state index contributed by atoms with van der Waals surface area (Å²) in [5, 5.41) is 10.8. The molecule has 21 heavy (non-hydrogen) atoms. The summed E-state index contributed by atoms with van der Waals surface area (Å²) in [6.07, 6.45) is 0.647. The molecule has 0 saturated heterocycles. The van der Waals surface area contributed by atoms with E-state index in [0.29, 0.717) is 17.9 Å². The summed E-state index contributed by atoms with van der Waals surface area (Å²) in [4.78, 5) is 0.301. The van der Waals surface area contributed by atoms with E-state index in [9.17, 15) is 8.42 Å². The number of hydrogen-bond acceptors (Lipinski definition) is 6. The first-order valence-electron chi connectivity index (χ1n) is 6.68. The van der Waals surface area contributed by atoms with Crippen molar-refractivity contribution in [2.45, 2.75) is 31.7 Å². The van der Waals surface area contributed by atoms with E-state index >= 15 is 0 Å². The topological polar surface area (TPSA) is 84.0 Å². The van der Waals surface area contributed by atoms with Crippen LogP contribution in [0.4, 0.5) is 5.13 Å². The molecule has 0 fully saturated rings. The fraction of sp³-hybridized carbons (Fsp3) is 0.385. The van der Waals surface area contributed by atoms with Crippen LogP contribution in [0.1, 0.15) is 25.0 Å². The smallest absolute Gasteiger partial charge is 0.263 e. The lowest BCUT2D eigenvalue weighted by molar-refractivity contribution is 0.599. The number of rotatable bonds is 7. The Balaban J connectivity index is 2.35. The Morgan fingerprint density at radius 2 is 2.10 bits per heavy atom. The van der Waals surface area contributed by atoms with Gasteiger partial charge in [-0.3, -0.25) is 4.72 Å². The van der Waals surface area contributed by atoms with Crippen molar-refractivity contribution < 1.29 is 8.42 Å². The van der Waals surface area contributed by atoms with Crippen LogP contribution in [0.15, 0.2) is 28.6 Å². The molecule has 1 aromatic carbocycles. The third kappa shape index (κ3) is 3.99. The Morgan fingerprint density at radius 1 is 1.29 bits per heavy atom.